The van der Waals surface area contributed by atoms with Gasteiger partial charge in [0.25, 0.3) is 0 Å². The standard InChI is InChI=1S/C33H32O13S2/c1-40-28-18-25(23-13-16-26(27(17-23)46-47(5,36)37)44-19-21-9-7-6-8-10-21)32(42-3)31(33(35)43-4)30(28)22-11-14-24(15-12-22)45-48(38,39)20-29(34)41-2/h6-18H,19-20H2,1-5H3. The van der Waals surface area contributed by atoms with E-state index in [1.54, 1.807) is 12.1 Å². The average Bonchev–Trinajstić information content (AvgIpc) is 3.06. The maximum Gasteiger partial charge on any atom is 0.342 e. The third-order valence-electron chi connectivity index (χ3n) is 6.68. The lowest BCUT2D eigenvalue weighted by molar-refractivity contribution is -0.137. The van der Waals surface area contributed by atoms with Crippen molar-refractivity contribution in [2.75, 3.05) is 40.4 Å². The molecule has 0 atom stereocenters. The molecule has 0 heterocycles. The van der Waals surface area contributed by atoms with Crippen LogP contribution < -0.4 is 22.6 Å². The predicted molar refractivity (Wildman–Crippen MR) is 174 cm³/mol. The topological polar surface area (TPSA) is 167 Å². The lowest BCUT2D eigenvalue weighted by atomic mass is 9.92. The molecule has 0 aliphatic rings. The van der Waals surface area contributed by atoms with Crippen LogP contribution in [0, 0.1) is 0 Å². The van der Waals surface area contributed by atoms with E-state index >= 15 is 0 Å². The molecule has 254 valence electrons. The van der Waals surface area contributed by atoms with Crippen molar-refractivity contribution in [3.63, 3.8) is 0 Å². The average molecular weight is 701 g/mol. The van der Waals surface area contributed by atoms with Crippen LogP contribution >= 0.6 is 0 Å². The van der Waals surface area contributed by atoms with Crippen LogP contribution in [0.25, 0.3) is 22.3 Å². The van der Waals surface area contributed by atoms with Crippen molar-refractivity contribution < 1.29 is 58.5 Å². The number of benzene rings is 4. The first-order valence-corrected chi connectivity index (χ1v) is 17.4. The zero-order valence-electron chi connectivity index (χ0n) is 26.5. The normalized spacial score (nSPS) is 11.3. The molecule has 4 rings (SSSR count). The van der Waals surface area contributed by atoms with Crippen LogP contribution in [0.15, 0.2) is 78.9 Å². The van der Waals surface area contributed by atoms with Crippen molar-refractivity contribution in [3.8, 4) is 51.0 Å². The molecule has 0 amide bonds. The van der Waals surface area contributed by atoms with E-state index in [0.29, 0.717) is 16.7 Å². The van der Waals surface area contributed by atoms with Gasteiger partial charge < -0.3 is 32.1 Å². The van der Waals surface area contributed by atoms with Gasteiger partial charge in [-0.05, 0) is 47.0 Å². The van der Waals surface area contributed by atoms with E-state index in [2.05, 4.69) is 4.74 Å². The highest BCUT2D eigenvalue weighted by Crippen LogP contribution is 2.47. The van der Waals surface area contributed by atoms with Crippen molar-refractivity contribution in [1.29, 1.82) is 0 Å². The minimum absolute atomic E-state index is 0.0451. The van der Waals surface area contributed by atoms with E-state index in [1.165, 1.54) is 57.7 Å². The van der Waals surface area contributed by atoms with E-state index in [-0.39, 0.29) is 46.5 Å². The van der Waals surface area contributed by atoms with Crippen molar-refractivity contribution in [2.24, 2.45) is 0 Å². The van der Waals surface area contributed by atoms with Crippen LogP contribution in [-0.4, -0.2) is 69.2 Å². The highest BCUT2D eigenvalue weighted by Gasteiger charge is 2.28. The molecule has 0 radical (unpaired) electrons. The summed E-state index contributed by atoms with van der Waals surface area (Å²) in [4.78, 5) is 24.8. The fourth-order valence-electron chi connectivity index (χ4n) is 4.63. The summed E-state index contributed by atoms with van der Waals surface area (Å²) >= 11 is 0. The first-order chi connectivity index (χ1) is 22.8. The van der Waals surface area contributed by atoms with Gasteiger partial charge in [-0.25, -0.2) is 4.79 Å². The molecule has 48 heavy (non-hydrogen) atoms. The van der Waals surface area contributed by atoms with Crippen LogP contribution in [0.2, 0.25) is 0 Å². The maximum atomic E-state index is 13.3. The monoisotopic (exact) mass is 700 g/mol. The second kappa shape index (κ2) is 15.1. The van der Waals surface area contributed by atoms with E-state index < -0.39 is 37.9 Å². The molecular weight excluding hydrogens is 668 g/mol. The molecule has 4 aromatic rings. The first kappa shape index (κ1) is 35.6. The number of ether oxygens (including phenoxy) is 5. The largest absolute Gasteiger partial charge is 0.496 e. The summed E-state index contributed by atoms with van der Waals surface area (Å²) in [6.07, 6.45) is 0.902. The summed E-state index contributed by atoms with van der Waals surface area (Å²) in [6, 6.07) is 21.0. The van der Waals surface area contributed by atoms with Gasteiger partial charge in [0.2, 0.25) is 0 Å². The summed E-state index contributed by atoms with van der Waals surface area (Å²) in [7, 11) is -3.31. The molecule has 0 bridgehead atoms. The Kier molecular flexibility index (Phi) is 11.2. The van der Waals surface area contributed by atoms with Crippen molar-refractivity contribution in [3.05, 3.63) is 90.0 Å². The molecule has 0 N–H and O–H groups in total. The van der Waals surface area contributed by atoms with Crippen LogP contribution in [-0.2, 0) is 41.1 Å². The third-order valence-corrected chi connectivity index (χ3v) is 8.20. The Bertz CT molecular complexity index is 2010. The molecule has 0 aromatic heterocycles. The van der Waals surface area contributed by atoms with E-state index in [4.69, 9.17) is 27.3 Å². The van der Waals surface area contributed by atoms with Gasteiger partial charge in [0.15, 0.2) is 17.3 Å². The second-order valence-electron chi connectivity index (χ2n) is 10.0. The highest BCUT2D eigenvalue weighted by atomic mass is 32.2. The number of carbonyl (C=O) groups excluding carboxylic acids is 2. The molecule has 0 aliphatic heterocycles. The van der Waals surface area contributed by atoms with Crippen molar-refractivity contribution in [1.82, 2.24) is 0 Å². The Morgan fingerprint density at radius 2 is 1.35 bits per heavy atom. The first-order valence-electron chi connectivity index (χ1n) is 14.0. The molecule has 0 saturated carbocycles. The molecule has 4 aromatic carbocycles. The smallest absolute Gasteiger partial charge is 0.342 e. The fraction of sp³-hybridized carbons (Fsp3) is 0.212. The number of esters is 2. The molecular formula is C33H32O13S2. The Morgan fingerprint density at radius 3 is 1.94 bits per heavy atom. The second-order valence-corrected chi connectivity index (χ2v) is 13.2. The predicted octanol–water partition coefficient (Wildman–Crippen LogP) is 4.62. The number of carbonyl (C=O) groups is 2. The van der Waals surface area contributed by atoms with Gasteiger partial charge in [0.1, 0.15) is 29.4 Å². The van der Waals surface area contributed by atoms with Gasteiger partial charge in [-0.3, -0.25) is 4.79 Å². The molecule has 0 fully saturated rings. The van der Waals surface area contributed by atoms with Crippen molar-refractivity contribution >= 4 is 32.2 Å². The van der Waals surface area contributed by atoms with E-state index in [0.717, 1.165) is 18.9 Å². The molecule has 0 spiro atoms. The van der Waals surface area contributed by atoms with Gasteiger partial charge >= 0.3 is 32.2 Å². The van der Waals surface area contributed by atoms with Crippen LogP contribution in [0.3, 0.4) is 0 Å². The molecule has 0 unspecified atom stereocenters. The minimum atomic E-state index is -4.30. The summed E-state index contributed by atoms with van der Waals surface area (Å²) in [5, 5.41) is 0. The Morgan fingerprint density at radius 1 is 0.688 bits per heavy atom. The summed E-state index contributed by atoms with van der Waals surface area (Å²) in [6.45, 7) is 0.139. The van der Waals surface area contributed by atoms with Gasteiger partial charge in [0, 0.05) is 11.1 Å². The summed E-state index contributed by atoms with van der Waals surface area (Å²) < 4.78 is 85.9. The number of methoxy groups -OCH3 is 4. The number of hydrogen-bond donors (Lipinski definition) is 0. The summed E-state index contributed by atoms with van der Waals surface area (Å²) in [5.74, 6) is -2.57. The van der Waals surface area contributed by atoms with Gasteiger partial charge in [-0.1, -0.05) is 48.5 Å². The molecule has 15 heteroatoms. The third kappa shape index (κ3) is 8.74. The van der Waals surface area contributed by atoms with Gasteiger partial charge in [0.05, 0.1) is 34.7 Å². The Balaban J connectivity index is 1.82. The molecule has 0 aliphatic carbocycles. The zero-order chi connectivity index (χ0) is 35.1. The van der Waals surface area contributed by atoms with E-state index in [1.807, 2.05) is 30.3 Å². The highest BCUT2D eigenvalue weighted by molar-refractivity contribution is 7.87. The fourth-order valence-corrected chi connectivity index (χ4v) is 5.95. The quantitative estimate of drug-likeness (QED) is 0.132. The minimum Gasteiger partial charge on any atom is -0.496 e. The van der Waals surface area contributed by atoms with E-state index in [9.17, 15) is 26.4 Å². The molecule has 13 nitrogen and oxygen atoms in total. The van der Waals surface area contributed by atoms with Crippen LogP contribution in [0.4, 0.5) is 0 Å². The number of rotatable bonds is 14. The SMILES string of the molecule is COC(=O)CS(=O)(=O)Oc1ccc(-c2c(OC)cc(-c3ccc(OCc4ccccc4)c(OS(C)(=O)=O)c3)c(OC)c2C(=O)OC)cc1. The molecule has 0 saturated heterocycles. The van der Waals surface area contributed by atoms with Gasteiger partial charge in [-0.2, -0.15) is 16.8 Å². The summed E-state index contributed by atoms with van der Waals surface area (Å²) in [5.41, 5.74) is 2.13. The lowest BCUT2D eigenvalue weighted by Crippen LogP contribution is -2.21. The van der Waals surface area contributed by atoms with Crippen LogP contribution in [0.5, 0.6) is 28.7 Å². The maximum absolute atomic E-state index is 13.3. The van der Waals surface area contributed by atoms with Crippen molar-refractivity contribution in [2.45, 2.75) is 6.61 Å². The Hall–Kier alpha value is -5.28. The lowest BCUT2D eigenvalue weighted by Gasteiger charge is -2.21. The van der Waals surface area contributed by atoms with Crippen LogP contribution in [0.1, 0.15) is 15.9 Å². The van der Waals surface area contributed by atoms with Gasteiger partial charge in [-0.15, -0.1) is 0 Å². The Labute approximate surface area is 278 Å². The number of hydrogen-bond acceptors (Lipinski definition) is 13. The zero-order valence-corrected chi connectivity index (χ0v) is 28.2.